The lowest BCUT2D eigenvalue weighted by molar-refractivity contribution is 0.0696. The molecule has 0 aliphatic rings. The van der Waals surface area contributed by atoms with Crippen LogP contribution in [0.3, 0.4) is 0 Å². The number of nitrogens with zero attached hydrogens (tertiary/aromatic N) is 1. The zero-order valence-corrected chi connectivity index (χ0v) is 11.3. The number of hydrogen-bond donors (Lipinski definition) is 1. The van der Waals surface area contributed by atoms with Gasteiger partial charge in [0.2, 0.25) is 0 Å². The van der Waals surface area contributed by atoms with Gasteiger partial charge in [-0.25, -0.2) is 9.78 Å². The predicted molar refractivity (Wildman–Crippen MR) is 71.8 cm³/mol. The van der Waals surface area contributed by atoms with Gasteiger partial charge in [-0.2, -0.15) is 0 Å². The summed E-state index contributed by atoms with van der Waals surface area (Å²) in [6.45, 7) is 0. The molecular formula is C12H7Cl2NO2S. The van der Waals surface area contributed by atoms with Gasteiger partial charge in [-0.3, -0.25) is 0 Å². The molecule has 1 aromatic heterocycles. The van der Waals surface area contributed by atoms with Crippen LogP contribution in [0.25, 0.3) is 0 Å². The maximum atomic E-state index is 10.7. The summed E-state index contributed by atoms with van der Waals surface area (Å²) >= 11 is 13.2. The second-order valence-corrected chi connectivity index (χ2v) is 5.27. The molecule has 0 saturated heterocycles. The Morgan fingerprint density at radius 2 is 2.00 bits per heavy atom. The Morgan fingerprint density at radius 3 is 2.61 bits per heavy atom. The van der Waals surface area contributed by atoms with Crippen LogP contribution in [0.1, 0.15) is 10.4 Å². The first-order valence-electron chi connectivity index (χ1n) is 4.88. The molecule has 18 heavy (non-hydrogen) atoms. The highest BCUT2D eigenvalue weighted by Crippen LogP contribution is 2.33. The molecule has 0 unspecified atom stereocenters. The van der Waals surface area contributed by atoms with Gasteiger partial charge >= 0.3 is 5.97 Å². The number of carboxylic acid groups (broad SMARTS) is 1. The Labute approximate surface area is 118 Å². The topological polar surface area (TPSA) is 50.2 Å². The quantitative estimate of drug-likeness (QED) is 0.921. The van der Waals surface area contributed by atoms with Crippen molar-refractivity contribution in [3.63, 3.8) is 0 Å². The molecule has 6 heteroatoms. The molecule has 1 aromatic carbocycles. The molecule has 0 spiro atoms. The summed E-state index contributed by atoms with van der Waals surface area (Å²) in [5.74, 6) is -1.00. The van der Waals surface area contributed by atoms with E-state index in [0.29, 0.717) is 15.1 Å². The largest absolute Gasteiger partial charge is 0.478 e. The Hall–Kier alpha value is -1.23. The molecule has 0 bridgehead atoms. The first-order chi connectivity index (χ1) is 8.56. The van der Waals surface area contributed by atoms with Crippen molar-refractivity contribution in [3.8, 4) is 0 Å². The molecule has 3 nitrogen and oxygen atoms in total. The molecule has 1 heterocycles. The lowest BCUT2D eigenvalue weighted by Gasteiger charge is -2.04. The lowest BCUT2D eigenvalue weighted by Crippen LogP contribution is -1.96. The third-order valence-corrected chi connectivity index (χ3v) is 3.78. The molecule has 0 amide bonds. The normalized spacial score (nSPS) is 10.3. The molecule has 0 radical (unpaired) electrons. The van der Waals surface area contributed by atoms with Gasteiger partial charge in [0.15, 0.2) is 0 Å². The Morgan fingerprint density at radius 1 is 1.22 bits per heavy atom. The second kappa shape index (κ2) is 5.61. The van der Waals surface area contributed by atoms with Gasteiger partial charge in [-0.05, 0) is 30.3 Å². The van der Waals surface area contributed by atoms with Crippen molar-refractivity contribution in [1.82, 2.24) is 4.98 Å². The van der Waals surface area contributed by atoms with Crippen molar-refractivity contribution in [3.05, 3.63) is 52.1 Å². The van der Waals surface area contributed by atoms with Crippen LogP contribution in [0.5, 0.6) is 0 Å². The summed E-state index contributed by atoms with van der Waals surface area (Å²) < 4.78 is 0. The van der Waals surface area contributed by atoms with Crippen molar-refractivity contribution in [2.24, 2.45) is 0 Å². The van der Waals surface area contributed by atoms with E-state index in [4.69, 9.17) is 28.3 Å². The van der Waals surface area contributed by atoms with E-state index in [1.54, 1.807) is 24.3 Å². The van der Waals surface area contributed by atoms with E-state index in [2.05, 4.69) is 4.98 Å². The van der Waals surface area contributed by atoms with E-state index in [1.807, 2.05) is 0 Å². The van der Waals surface area contributed by atoms with Gasteiger partial charge in [0.1, 0.15) is 5.03 Å². The van der Waals surface area contributed by atoms with Crippen LogP contribution < -0.4 is 0 Å². The van der Waals surface area contributed by atoms with Crippen LogP contribution in [-0.4, -0.2) is 16.1 Å². The van der Waals surface area contributed by atoms with Gasteiger partial charge in [-0.1, -0.05) is 35.0 Å². The molecule has 0 aliphatic heterocycles. The summed E-state index contributed by atoms with van der Waals surface area (Å²) in [5, 5.41) is 10.6. The molecule has 1 N–H and O–H groups in total. The van der Waals surface area contributed by atoms with Gasteiger partial charge in [0.25, 0.3) is 0 Å². The standard InChI is InChI=1S/C12H7Cl2NO2S/c13-8-2-3-9(14)10(5-8)18-11-4-1-7(6-15-11)12(16)17/h1-6H,(H,16,17). The van der Waals surface area contributed by atoms with Crippen LogP contribution >= 0.6 is 35.0 Å². The number of carbonyl (C=O) groups is 1. The van der Waals surface area contributed by atoms with Crippen molar-refractivity contribution >= 4 is 40.9 Å². The van der Waals surface area contributed by atoms with Crippen LogP contribution in [0, 0.1) is 0 Å². The van der Waals surface area contributed by atoms with Crippen LogP contribution in [0.2, 0.25) is 10.0 Å². The van der Waals surface area contributed by atoms with Crippen molar-refractivity contribution < 1.29 is 9.90 Å². The number of halogens is 2. The van der Waals surface area contributed by atoms with Crippen molar-refractivity contribution in [2.75, 3.05) is 0 Å². The smallest absolute Gasteiger partial charge is 0.337 e. The molecule has 0 saturated carbocycles. The minimum Gasteiger partial charge on any atom is -0.478 e. The highest BCUT2D eigenvalue weighted by Gasteiger charge is 2.07. The Bertz CT molecular complexity index is 587. The highest BCUT2D eigenvalue weighted by atomic mass is 35.5. The zero-order valence-electron chi connectivity index (χ0n) is 8.93. The summed E-state index contributed by atoms with van der Waals surface area (Å²) in [4.78, 5) is 15.5. The summed E-state index contributed by atoms with van der Waals surface area (Å²) in [7, 11) is 0. The maximum absolute atomic E-state index is 10.7. The van der Waals surface area contributed by atoms with E-state index >= 15 is 0 Å². The van der Waals surface area contributed by atoms with E-state index in [0.717, 1.165) is 4.90 Å². The number of aromatic nitrogens is 1. The maximum Gasteiger partial charge on any atom is 0.337 e. The summed E-state index contributed by atoms with van der Waals surface area (Å²) in [6, 6.07) is 8.27. The first kappa shape index (κ1) is 13.2. The minimum atomic E-state index is -1.00. The summed E-state index contributed by atoms with van der Waals surface area (Å²) in [5.41, 5.74) is 0.150. The molecule has 2 aromatic rings. The fourth-order valence-corrected chi connectivity index (χ4v) is 2.52. The number of aromatic carboxylic acids is 1. The number of pyridine rings is 1. The van der Waals surface area contributed by atoms with Gasteiger partial charge in [-0.15, -0.1) is 0 Å². The number of rotatable bonds is 3. The molecule has 0 fully saturated rings. The molecule has 2 rings (SSSR count). The third kappa shape index (κ3) is 3.16. The average Bonchev–Trinajstić information content (AvgIpc) is 2.34. The third-order valence-electron chi connectivity index (χ3n) is 2.09. The number of carboxylic acids is 1. The molecule has 0 atom stereocenters. The molecule has 0 aliphatic carbocycles. The first-order valence-corrected chi connectivity index (χ1v) is 6.46. The number of hydrogen-bond acceptors (Lipinski definition) is 3. The zero-order chi connectivity index (χ0) is 13.1. The average molecular weight is 300 g/mol. The minimum absolute atomic E-state index is 0.150. The van der Waals surface area contributed by atoms with Crippen LogP contribution in [-0.2, 0) is 0 Å². The van der Waals surface area contributed by atoms with E-state index < -0.39 is 5.97 Å². The van der Waals surface area contributed by atoms with Crippen LogP contribution in [0.4, 0.5) is 0 Å². The van der Waals surface area contributed by atoms with E-state index in [1.165, 1.54) is 24.0 Å². The number of benzene rings is 1. The van der Waals surface area contributed by atoms with Gasteiger partial charge in [0, 0.05) is 16.1 Å². The SMILES string of the molecule is O=C(O)c1ccc(Sc2cc(Cl)ccc2Cl)nc1. The molecular weight excluding hydrogens is 293 g/mol. The van der Waals surface area contributed by atoms with Crippen LogP contribution in [0.15, 0.2) is 46.5 Å². The van der Waals surface area contributed by atoms with E-state index in [-0.39, 0.29) is 5.56 Å². The lowest BCUT2D eigenvalue weighted by atomic mass is 10.3. The van der Waals surface area contributed by atoms with E-state index in [9.17, 15) is 4.79 Å². The Balaban J connectivity index is 2.23. The van der Waals surface area contributed by atoms with Crippen molar-refractivity contribution in [1.29, 1.82) is 0 Å². The second-order valence-electron chi connectivity index (χ2n) is 3.37. The fourth-order valence-electron chi connectivity index (χ4n) is 1.24. The fraction of sp³-hybridized carbons (Fsp3) is 0. The monoisotopic (exact) mass is 299 g/mol. The molecule has 92 valence electrons. The van der Waals surface area contributed by atoms with Crippen molar-refractivity contribution in [2.45, 2.75) is 9.92 Å². The van der Waals surface area contributed by atoms with Gasteiger partial charge in [0.05, 0.1) is 10.6 Å². The predicted octanol–water partition coefficient (Wildman–Crippen LogP) is 4.24. The summed E-state index contributed by atoms with van der Waals surface area (Å²) in [6.07, 6.45) is 1.31. The highest BCUT2D eigenvalue weighted by molar-refractivity contribution is 7.99. The Kier molecular flexibility index (Phi) is 4.11. The van der Waals surface area contributed by atoms with Gasteiger partial charge < -0.3 is 5.11 Å².